The molecule has 1 rings (SSSR count). The van der Waals surface area contributed by atoms with Crippen molar-refractivity contribution in [1.82, 2.24) is 10.3 Å². The largest absolute Gasteiger partial charge is 0.444 e. The Balaban J connectivity index is 2.49. The third-order valence-corrected chi connectivity index (χ3v) is 2.58. The van der Waals surface area contributed by atoms with Gasteiger partial charge in [0.2, 0.25) is 0 Å². The van der Waals surface area contributed by atoms with Gasteiger partial charge in [0.15, 0.2) is 0 Å². The summed E-state index contributed by atoms with van der Waals surface area (Å²) in [5.74, 6) is 0. The van der Waals surface area contributed by atoms with E-state index >= 15 is 0 Å². The zero-order chi connectivity index (χ0) is 13.1. The minimum atomic E-state index is -0.825. The van der Waals surface area contributed by atoms with Crippen molar-refractivity contribution < 1.29 is 14.6 Å². The quantitative estimate of drug-likeness (QED) is 0.871. The average Bonchev–Trinajstić information content (AvgIpc) is 2.65. The molecule has 1 unspecified atom stereocenters. The Hall–Kier alpha value is -1.14. The first kappa shape index (κ1) is 13.9. The maximum Gasteiger partial charge on any atom is 0.407 e. The monoisotopic (exact) mass is 258 g/mol. The Morgan fingerprint density at radius 3 is 2.71 bits per heavy atom. The molecule has 1 aromatic heterocycles. The molecule has 0 fully saturated rings. The number of hydrogen-bond acceptors (Lipinski definition) is 5. The van der Waals surface area contributed by atoms with Gasteiger partial charge in [0.1, 0.15) is 11.7 Å². The zero-order valence-corrected chi connectivity index (χ0v) is 11.2. The predicted octanol–water partition coefficient (Wildman–Crippen LogP) is 2.09. The number of thiazole rings is 1. The van der Waals surface area contributed by atoms with Crippen LogP contribution in [0.5, 0.6) is 0 Å². The Bertz CT molecular complexity index is 359. The molecular weight excluding hydrogens is 240 g/mol. The maximum atomic E-state index is 11.5. The van der Waals surface area contributed by atoms with E-state index < -0.39 is 23.8 Å². The van der Waals surface area contributed by atoms with Crippen LogP contribution in [-0.2, 0) is 4.74 Å². The lowest BCUT2D eigenvalue weighted by Gasteiger charge is -2.23. The van der Waals surface area contributed by atoms with Crippen molar-refractivity contribution in [3.63, 3.8) is 0 Å². The molecular formula is C11H18N2O3S. The van der Waals surface area contributed by atoms with Gasteiger partial charge in [-0.3, -0.25) is 0 Å². The summed E-state index contributed by atoms with van der Waals surface area (Å²) < 4.78 is 5.10. The van der Waals surface area contributed by atoms with Gasteiger partial charge in [-0.25, -0.2) is 9.78 Å². The molecule has 5 nitrogen and oxygen atoms in total. The van der Waals surface area contributed by atoms with Crippen LogP contribution < -0.4 is 5.32 Å². The summed E-state index contributed by atoms with van der Waals surface area (Å²) in [4.78, 5) is 15.5. The lowest BCUT2D eigenvalue weighted by Crippen LogP contribution is -2.40. The van der Waals surface area contributed by atoms with Crippen molar-refractivity contribution in [1.29, 1.82) is 0 Å². The van der Waals surface area contributed by atoms with Crippen LogP contribution in [0.15, 0.2) is 10.9 Å². The topological polar surface area (TPSA) is 71.5 Å². The zero-order valence-electron chi connectivity index (χ0n) is 10.4. The maximum absolute atomic E-state index is 11.5. The molecule has 1 heterocycles. The smallest absolute Gasteiger partial charge is 0.407 e. The van der Waals surface area contributed by atoms with Crippen LogP contribution in [0, 0.1) is 0 Å². The number of aromatic nitrogens is 1. The van der Waals surface area contributed by atoms with Gasteiger partial charge >= 0.3 is 6.09 Å². The van der Waals surface area contributed by atoms with Crippen molar-refractivity contribution in [3.8, 4) is 0 Å². The molecule has 1 aromatic rings. The van der Waals surface area contributed by atoms with Crippen LogP contribution in [0.25, 0.3) is 0 Å². The van der Waals surface area contributed by atoms with Crippen molar-refractivity contribution in [2.75, 3.05) is 0 Å². The highest BCUT2D eigenvalue weighted by molar-refractivity contribution is 7.07. The number of carbonyl (C=O) groups excluding carboxylic acids is 1. The second-order valence-corrected chi connectivity index (χ2v) is 5.51. The minimum absolute atomic E-state index is 0.452. The fraction of sp³-hybridized carbons (Fsp3) is 0.636. The Morgan fingerprint density at radius 2 is 2.24 bits per heavy atom. The van der Waals surface area contributed by atoms with E-state index in [0.29, 0.717) is 5.69 Å². The molecule has 0 aliphatic rings. The molecule has 17 heavy (non-hydrogen) atoms. The number of nitrogens with one attached hydrogen (secondary N) is 1. The molecule has 0 aliphatic carbocycles. The number of aliphatic hydroxyl groups excluding tert-OH is 1. The predicted molar refractivity (Wildman–Crippen MR) is 65.9 cm³/mol. The van der Waals surface area contributed by atoms with E-state index in [1.807, 2.05) is 0 Å². The molecule has 0 saturated heterocycles. The van der Waals surface area contributed by atoms with Gasteiger partial charge in [0, 0.05) is 5.38 Å². The average molecular weight is 258 g/mol. The molecule has 96 valence electrons. The van der Waals surface area contributed by atoms with Crippen molar-refractivity contribution >= 4 is 17.4 Å². The molecule has 0 aliphatic heterocycles. The third-order valence-electron chi connectivity index (χ3n) is 1.97. The first-order valence-electron chi connectivity index (χ1n) is 5.35. The highest BCUT2D eigenvalue weighted by Crippen LogP contribution is 2.17. The van der Waals surface area contributed by atoms with Gasteiger partial charge in [-0.1, -0.05) is 0 Å². The van der Waals surface area contributed by atoms with Gasteiger partial charge in [-0.2, -0.15) is 0 Å². The highest BCUT2D eigenvalue weighted by Gasteiger charge is 2.23. The number of rotatable bonds is 3. The molecule has 0 saturated carbocycles. The SMILES string of the molecule is C[C@H](NC(=O)OC(C)(C)C)C(O)c1cscn1. The Morgan fingerprint density at radius 1 is 1.59 bits per heavy atom. The highest BCUT2D eigenvalue weighted by atomic mass is 32.1. The molecule has 1 amide bonds. The number of nitrogens with zero attached hydrogens (tertiary/aromatic N) is 1. The summed E-state index contributed by atoms with van der Waals surface area (Å²) in [5.41, 5.74) is 1.65. The van der Waals surface area contributed by atoms with E-state index in [9.17, 15) is 9.90 Å². The summed E-state index contributed by atoms with van der Waals surface area (Å²) in [5, 5.41) is 14.2. The summed E-state index contributed by atoms with van der Waals surface area (Å²) in [6, 6.07) is -0.452. The van der Waals surface area contributed by atoms with E-state index in [4.69, 9.17) is 4.74 Å². The van der Waals surface area contributed by atoms with Gasteiger partial charge in [0.25, 0.3) is 0 Å². The van der Waals surface area contributed by atoms with Crippen LogP contribution in [0.3, 0.4) is 0 Å². The molecule has 0 radical (unpaired) electrons. The summed E-state index contributed by atoms with van der Waals surface area (Å²) in [6.45, 7) is 7.06. The second-order valence-electron chi connectivity index (χ2n) is 4.79. The summed E-state index contributed by atoms with van der Waals surface area (Å²) >= 11 is 1.40. The number of ether oxygens (including phenoxy) is 1. The van der Waals surface area contributed by atoms with E-state index in [-0.39, 0.29) is 0 Å². The van der Waals surface area contributed by atoms with E-state index in [1.54, 1.807) is 38.6 Å². The number of carbonyl (C=O) groups is 1. The van der Waals surface area contributed by atoms with Crippen LogP contribution in [0.1, 0.15) is 39.5 Å². The standard InChI is InChI=1S/C11H18N2O3S/c1-7(9(14)8-5-17-6-12-8)13-10(15)16-11(2,3)4/h5-7,9,14H,1-4H3,(H,13,15)/t7-,9?/m0/s1. The lowest BCUT2D eigenvalue weighted by atomic mass is 10.1. The van der Waals surface area contributed by atoms with E-state index in [2.05, 4.69) is 10.3 Å². The van der Waals surface area contributed by atoms with Crippen LogP contribution in [0.4, 0.5) is 4.79 Å². The summed E-state index contributed by atoms with van der Waals surface area (Å²) in [6.07, 6.45) is -1.37. The van der Waals surface area contributed by atoms with Crippen LogP contribution in [-0.4, -0.2) is 27.8 Å². The van der Waals surface area contributed by atoms with E-state index in [1.165, 1.54) is 11.3 Å². The van der Waals surface area contributed by atoms with Crippen molar-refractivity contribution in [2.24, 2.45) is 0 Å². The molecule has 0 aromatic carbocycles. The van der Waals surface area contributed by atoms with Gasteiger partial charge in [0.05, 0.1) is 17.2 Å². The number of amides is 1. The number of alkyl carbamates (subject to hydrolysis) is 1. The second kappa shape index (κ2) is 5.46. The lowest BCUT2D eigenvalue weighted by molar-refractivity contribution is 0.0433. The van der Waals surface area contributed by atoms with E-state index in [0.717, 1.165) is 0 Å². The third kappa shape index (κ3) is 4.70. The fourth-order valence-corrected chi connectivity index (χ4v) is 1.78. The molecule has 0 bridgehead atoms. The van der Waals surface area contributed by atoms with Crippen molar-refractivity contribution in [3.05, 3.63) is 16.6 Å². The van der Waals surface area contributed by atoms with Crippen LogP contribution >= 0.6 is 11.3 Å². The first-order chi connectivity index (χ1) is 7.79. The van der Waals surface area contributed by atoms with Gasteiger partial charge in [-0.05, 0) is 27.7 Å². The molecule has 0 spiro atoms. The molecule has 2 N–H and O–H groups in total. The number of aliphatic hydroxyl groups is 1. The number of hydrogen-bond donors (Lipinski definition) is 2. The Labute approximate surface area is 105 Å². The fourth-order valence-electron chi connectivity index (χ4n) is 1.20. The normalized spacial score (nSPS) is 15.1. The van der Waals surface area contributed by atoms with Crippen LogP contribution in [0.2, 0.25) is 0 Å². The van der Waals surface area contributed by atoms with Gasteiger partial charge < -0.3 is 15.2 Å². The Kier molecular flexibility index (Phi) is 4.47. The van der Waals surface area contributed by atoms with Crippen molar-refractivity contribution in [2.45, 2.75) is 45.4 Å². The van der Waals surface area contributed by atoms with Gasteiger partial charge in [-0.15, -0.1) is 11.3 Å². The molecule has 2 atom stereocenters. The summed E-state index contributed by atoms with van der Waals surface area (Å²) in [7, 11) is 0. The minimum Gasteiger partial charge on any atom is -0.444 e. The molecule has 6 heteroatoms. The first-order valence-corrected chi connectivity index (χ1v) is 6.29.